The molecule has 0 saturated carbocycles. The first kappa shape index (κ1) is 19.9. The molecule has 1 aliphatic heterocycles. The van der Waals surface area contributed by atoms with Crippen LogP contribution in [0.3, 0.4) is 0 Å². The van der Waals surface area contributed by atoms with Crippen molar-refractivity contribution in [3.05, 3.63) is 29.8 Å². The number of sulfonamides is 1. The molecule has 1 aromatic carbocycles. The van der Waals surface area contributed by atoms with Gasteiger partial charge in [-0.25, -0.2) is 13.1 Å². The predicted molar refractivity (Wildman–Crippen MR) is 89.3 cm³/mol. The second-order valence-electron chi connectivity index (χ2n) is 5.22. The van der Waals surface area contributed by atoms with Gasteiger partial charge in [0.1, 0.15) is 0 Å². The van der Waals surface area contributed by atoms with Gasteiger partial charge >= 0.3 is 0 Å². The van der Waals surface area contributed by atoms with Crippen molar-refractivity contribution in [1.29, 1.82) is 0 Å². The van der Waals surface area contributed by atoms with Crippen LogP contribution in [-0.2, 0) is 10.0 Å². The quantitative estimate of drug-likeness (QED) is 0.556. The molecular formula is C14H22ClN3O4S. The zero-order valence-corrected chi connectivity index (χ0v) is 14.4. The molecule has 0 aromatic heterocycles. The van der Waals surface area contributed by atoms with Crippen molar-refractivity contribution in [3.8, 4) is 0 Å². The predicted octanol–water partition coefficient (Wildman–Crippen LogP) is -0.283. The van der Waals surface area contributed by atoms with Crippen LogP contribution in [-0.4, -0.2) is 51.7 Å². The molecule has 2 atom stereocenters. The lowest BCUT2D eigenvalue weighted by Gasteiger charge is -2.14. The highest BCUT2D eigenvalue weighted by Crippen LogP contribution is 2.11. The standard InChI is InChI=1S/C14H21N3O4S.ClH/c1-2-17-22(20,21)12-5-3-10(4-6-12)14(19)16-8-11-7-15-9-13(11)18;/h3-6,11,13,15,17-18H,2,7-9H2,1H3,(H,16,19);1H. The zero-order chi connectivity index (χ0) is 16.2. The molecular weight excluding hydrogens is 342 g/mol. The number of aliphatic hydroxyl groups excluding tert-OH is 1. The lowest BCUT2D eigenvalue weighted by Crippen LogP contribution is -2.34. The van der Waals surface area contributed by atoms with E-state index in [-0.39, 0.29) is 29.1 Å². The summed E-state index contributed by atoms with van der Waals surface area (Å²) in [5.41, 5.74) is 0.385. The van der Waals surface area contributed by atoms with E-state index >= 15 is 0 Å². The number of benzene rings is 1. The fraction of sp³-hybridized carbons (Fsp3) is 0.500. The van der Waals surface area contributed by atoms with Crippen LogP contribution >= 0.6 is 12.4 Å². The molecule has 2 unspecified atom stereocenters. The van der Waals surface area contributed by atoms with E-state index in [4.69, 9.17) is 0 Å². The van der Waals surface area contributed by atoms with Crippen LogP contribution in [0.2, 0.25) is 0 Å². The van der Waals surface area contributed by atoms with Crippen molar-refractivity contribution in [1.82, 2.24) is 15.4 Å². The van der Waals surface area contributed by atoms with E-state index in [0.717, 1.165) is 0 Å². The Morgan fingerprint density at radius 1 is 1.30 bits per heavy atom. The number of hydrogen-bond donors (Lipinski definition) is 4. The molecule has 1 amide bonds. The van der Waals surface area contributed by atoms with Crippen LogP contribution in [0.25, 0.3) is 0 Å². The van der Waals surface area contributed by atoms with Gasteiger partial charge in [-0.3, -0.25) is 4.79 Å². The number of rotatable bonds is 6. The van der Waals surface area contributed by atoms with E-state index < -0.39 is 16.1 Å². The molecule has 130 valence electrons. The van der Waals surface area contributed by atoms with E-state index in [9.17, 15) is 18.3 Å². The monoisotopic (exact) mass is 363 g/mol. The number of nitrogens with one attached hydrogen (secondary N) is 3. The van der Waals surface area contributed by atoms with Gasteiger partial charge in [0.05, 0.1) is 11.0 Å². The topological polar surface area (TPSA) is 108 Å². The number of hydrogen-bond acceptors (Lipinski definition) is 5. The zero-order valence-electron chi connectivity index (χ0n) is 12.8. The molecule has 7 nitrogen and oxygen atoms in total. The highest BCUT2D eigenvalue weighted by molar-refractivity contribution is 7.89. The van der Waals surface area contributed by atoms with Crippen LogP contribution in [0.4, 0.5) is 0 Å². The summed E-state index contributed by atoms with van der Waals surface area (Å²) in [7, 11) is -3.51. The number of carbonyl (C=O) groups is 1. The van der Waals surface area contributed by atoms with Crippen molar-refractivity contribution in [2.45, 2.75) is 17.9 Å². The third kappa shape index (κ3) is 5.15. The Morgan fingerprint density at radius 2 is 1.96 bits per heavy atom. The van der Waals surface area contributed by atoms with Crippen molar-refractivity contribution in [2.24, 2.45) is 5.92 Å². The van der Waals surface area contributed by atoms with E-state index in [1.54, 1.807) is 6.92 Å². The second-order valence-corrected chi connectivity index (χ2v) is 6.99. The number of amides is 1. The van der Waals surface area contributed by atoms with Gasteiger partial charge in [0.2, 0.25) is 10.0 Å². The van der Waals surface area contributed by atoms with Gasteiger partial charge < -0.3 is 15.7 Å². The Balaban J connectivity index is 0.00000264. The Kier molecular flexibility index (Phi) is 7.43. The maximum absolute atomic E-state index is 12.0. The summed E-state index contributed by atoms with van der Waals surface area (Å²) < 4.78 is 26.0. The van der Waals surface area contributed by atoms with Gasteiger partial charge in [0.25, 0.3) is 5.91 Å². The fourth-order valence-electron chi connectivity index (χ4n) is 2.31. The highest BCUT2D eigenvalue weighted by atomic mass is 35.5. The second kappa shape index (κ2) is 8.60. The maximum Gasteiger partial charge on any atom is 0.251 e. The first-order valence-corrected chi connectivity index (χ1v) is 8.69. The van der Waals surface area contributed by atoms with Crippen LogP contribution in [0, 0.1) is 5.92 Å². The Bertz CT molecular complexity index is 621. The van der Waals surface area contributed by atoms with Gasteiger partial charge in [-0.1, -0.05) is 6.92 Å². The molecule has 2 rings (SSSR count). The molecule has 0 spiro atoms. The summed E-state index contributed by atoms with van der Waals surface area (Å²) in [5.74, 6) is -0.288. The summed E-state index contributed by atoms with van der Waals surface area (Å²) >= 11 is 0. The summed E-state index contributed by atoms with van der Waals surface area (Å²) in [6.45, 7) is 3.59. The minimum absolute atomic E-state index is 0. The van der Waals surface area contributed by atoms with E-state index in [0.29, 0.717) is 31.7 Å². The van der Waals surface area contributed by atoms with Gasteiger partial charge in [-0.2, -0.15) is 0 Å². The van der Waals surface area contributed by atoms with Gasteiger partial charge in [0, 0.05) is 37.7 Å². The summed E-state index contributed by atoms with van der Waals surface area (Å²) in [6.07, 6.45) is -0.451. The normalized spacial score (nSPS) is 20.8. The van der Waals surface area contributed by atoms with E-state index in [1.807, 2.05) is 0 Å². The van der Waals surface area contributed by atoms with Gasteiger partial charge in [-0.15, -0.1) is 12.4 Å². The van der Waals surface area contributed by atoms with Crippen LogP contribution in [0.1, 0.15) is 17.3 Å². The Morgan fingerprint density at radius 3 is 2.48 bits per heavy atom. The first-order chi connectivity index (χ1) is 10.4. The summed E-state index contributed by atoms with van der Waals surface area (Å²) in [6, 6.07) is 5.75. The Hall–Kier alpha value is -1.19. The van der Waals surface area contributed by atoms with Crippen LogP contribution in [0.5, 0.6) is 0 Å². The Labute approximate surface area is 142 Å². The molecule has 1 heterocycles. The molecule has 0 bridgehead atoms. The molecule has 9 heteroatoms. The maximum atomic E-state index is 12.0. The number of carbonyl (C=O) groups excluding carboxylic acids is 1. The largest absolute Gasteiger partial charge is 0.391 e. The van der Waals surface area contributed by atoms with Crippen molar-refractivity contribution >= 4 is 28.3 Å². The first-order valence-electron chi connectivity index (χ1n) is 7.20. The summed E-state index contributed by atoms with van der Waals surface area (Å²) in [5, 5.41) is 15.5. The lowest BCUT2D eigenvalue weighted by molar-refractivity contribution is 0.0927. The molecule has 0 radical (unpaired) electrons. The van der Waals surface area contributed by atoms with Gasteiger partial charge in [-0.05, 0) is 24.3 Å². The molecule has 1 aromatic rings. The molecule has 1 fully saturated rings. The molecule has 23 heavy (non-hydrogen) atoms. The van der Waals surface area contributed by atoms with Crippen LogP contribution in [0.15, 0.2) is 29.2 Å². The minimum Gasteiger partial charge on any atom is -0.391 e. The van der Waals surface area contributed by atoms with Gasteiger partial charge in [0.15, 0.2) is 0 Å². The molecule has 0 aliphatic carbocycles. The molecule has 1 aliphatic rings. The smallest absolute Gasteiger partial charge is 0.251 e. The number of β-amino-alcohol motifs (C(OH)–C–C–N with tert-alkyl or cyclic N) is 1. The number of halogens is 1. The summed E-state index contributed by atoms with van der Waals surface area (Å²) in [4.78, 5) is 12.1. The average Bonchev–Trinajstić information content (AvgIpc) is 2.90. The number of aliphatic hydroxyl groups is 1. The van der Waals surface area contributed by atoms with Crippen molar-refractivity contribution in [3.63, 3.8) is 0 Å². The van der Waals surface area contributed by atoms with Crippen molar-refractivity contribution in [2.75, 3.05) is 26.2 Å². The van der Waals surface area contributed by atoms with E-state index in [2.05, 4.69) is 15.4 Å². The molecule has 4 N–H and O–H groups in total. The fourth-order valence-corrected chi connectivity index (χ4v) is 3.35. The van der Waals surface area contributed by atoms with Crippen molar-refractivity contribution < 1.29 is 18.3 Å². The average molecular weight is 364 g/mol. The third-order valence-corrected chi connectivity index (χ3v) is 5.15. The highest BCUT2D eigenvalue weighted by Gasteiger charge is 2.25. The van der Waals surface area contributed by atoms with Crippen LogP contribution < -0.4 is 15.4 Å². The third-order valence-electron chi connectivity index (χ3n) is 3.59. The lowest BCUT2D eigenvalue weighted by atomic mass is 10.1. The minimum atomic E-state index is -3.51. The van der Waals surface area contributed by atoms with E-state index in [1.165, 1.54) is 24.3 Å². The molecule has 1 saturated heterocycles. The SMILES string of the molecule is CCNS(=O)(=O)c1ccc(C(=O)NCC2CNCC2O)cc1.Cl.